The van der Waals surface area contributed by atoms with Crippen molar-refractivity contribution in [3.05, 3.63) is 118 Å². The third-order valence-electron chi connectivity index (χ3n) is 7.91. The normalized spacial score (nSPS) is 14.6. The highest BCUT2D eigenvalue weighted by Gasteiger charge is 2.38. The van der Waals surface area contributed by atoms with Crippen LogP contribution in [0.5, 0.6) is 11.5 Å². The molecule has 6 rings (SSSR count). The van der Waals surface area contributed by atoms with Crippen LogP contribution < -0.4 is 24.9 Å². The first-order valence-corrected chi connectivity index (χ1v) is 18.4. The smallest absolute Gasteiger partial charge is 0.251 e. The number of carbonyl (C=O) groups is 2. The maximum Gasteiger partial charge on any atom is 0.251 e. The van der Waals surface area contributed by atoms with Gasteiger partial charge in [-0.15, -0.1) is 11.8 Å². The van der Waals surface area contributed by atoms with E-state index in [9.17, 15) is 22.8 Å². The number of nitrogens with one attached hydrogen (secondary N) is 2. The number of sulfonamides is 1. The minimum Gasteiger partial charge on any atom is -0.490 e. The minimum absolute atomic E-state index is 0.00654. The Morgan fingerprint density at radius 2 is 1.60 bits per heavy atom. The second-order valence-electron chi connectivity index (χ2n) is 11.5. The summed E-state index contributed by atoms with van der Waals surface area (Å²) in [6.07, 6.45) is 1.27. The average molecular weight is 715 g/mol. The molecule has 50 heavy (non-hydrogen) atoms. The van der Waals surface area contributed by atoms with Gasteiger partial charge in [0, 0.05) is 22.6 Å². The molecule has 13 heteroatoms. The molecule has 1 fully saturated rings. The summed E-state index contributed by atoms with van der Waals surface area (Å²) >= 11 is 1.61. The van der Waals surface area contributed by atoms with E-state index in [1.807, 2.05) is 37.4 Å². The third-order valence-corrected chi connectivity index (χ3v) is 10.1. The zero-order chi connectivity index (χ0) is 35.3. The number of fused-ring (bicyclic) bond motifs is 1. The molecule has 1 aliphatic heterocycles. The van der Waals surface area contributed by atoms with Gasteiger partial charge in [0.05, 0.1) is 16.9 Å². The van der Waals surface area contributed by atoms with Crippen LogP contribution in [-0.2, 0) is 19.6 Å². The summed E-state index contributed by atoms with van der Waals surface area (Å²) in [7, 11) is -4.03. The molecule has 0 bridgehead atoms. The molecule has 1 aromatic heterocycles. The summed E-state index contributed by atoms with van der Waals surface area (Å²) in [6.45, 7) is 1.90. The second kappa shape index (κ2) is 15.3. The number of ether oxygens (including phenoxy) is 3. The molecule has 1 amide bonds. The Hall–Kier alpha value is -4.95. The van der Waals surface area contributed by atoms with Crippen molar-refractivity contribution in [1.29, 1.82) is 0 Å². The van der Waals surface area contributed by atoms with Crippen molar-refractivity contribution in [2.24, 2.45) is 0 Å². The summed E-state index contributed by atoms with van der Waals surface area (Å²) in [5.74, 6) is -0.108. The Balaban J connectivity index is 1.06. The van der Waals surface area contributed by atoms with Gasteiger partial charge in [-0.25, -0.2) is 8.42 Å². The van der Waals surface area contributed by atoms with Crippen molar-refractivity contribution in [1.82, 2.24) is 10.0 Å². The Morgan fingerprint density at radius 3 is 2.28 bits per heavy atom. The van der Waals surface area contributed by atoms with Gasteiger partial charge in [0.25, 0.3) is 5.91 Å². The number of ketones is 1. The highest BCUT2D eigenvalue weighted by atomic mass is 32.2. The molecule has 11 nitrogen and oxygen atoms in total. The van der Waals surface area contributed by atoms with E-state index in [-0.39, 0.29) is 48.0 Å². The molecule has 2 unspecified atom stereocenters. The fraction of sp³-hybridized carbons (Fsp3) is 0.216. The SMILES string of the molecule is CSc1ccc(-c2oc3ccccc3c(=O)c2OCCOc2ccc(C(=O)NCC(NS(=O)(=O)c3ccc(C)cc3)C(=O)C3CO3)cc2)cc1. The Morgan fingerprint density at radius 1 is 0.920 bits per heavy atom. The van der Waals surface area contributed by atoms with Crippen LogP contribution in [-0.4, -0.2) is 64.9 Å². The molecular formula is C37H34N2O9S2. The number of benzene rings is 4. The lowest BCUT2D eigenvalue weighted by Gasteiger charge is -2.18. The monoisotopic (exact) mass is 714 g/mol. The fourth-order valence-corrected chi connectivity index (χ4v) is 6.71. The maximum atomic E-state index is 13.4. The summed E-state index contributed by atoms with van der Waals surface area (Å²) in [6, 6.07) is 25.9. The first kappa shape index (κ1) is 34.9. The van der Waals surface area contributed by atoms with E-state index >= 15 is 0 Å². The predicted molar refractivity (Wildman–Crippen MR) is 190 cm³/mol. The highest BCUT2D eigenvalue weighted by Crippen LogP contribution is 2.32. The van der Waals surface area contributed by atoms with Crippen molar-refractivity contribution in [2.75, 3.05) is 32.6 Å². The molecule has 1 saturated heterocycles. The van der Waals surface area contributed by atoms with Crippen molar-refractivity contribution in [2.45, 2.75) is 28.9 Å². The van der Waals surface area contributed by atoms with Gasteiger partial charge in [0.1, 0.15) is 36.7 Å². The molecule has 0 saturated carbocycles. The Labute approximate surface area is 293 Å². The lowest BCUT2D eigenvalue weighted by Crippen LogP contribution is -2.49. The Bertz CT molecular complexity index is 2160. The minimum atomic E-state index is -4.03. The van der Waals surface area contributed by atoms with Gasteiger partial charge in [0.15, 0.2) is 11.5 Å². The number of rotatable bonds is 15. The zero-order valence-electron chi connectivity index (χ0n) is 27.2. The van der Waals surface area contributed by atoms with Crippen LogP contribution in [0, 0.1) is 6.92 Å². The van der Waals surface area contributed by atoms with Gasteiger partial charge in [-0.3, -0.25) is 14.4 Å². The summed E-state index contributed by atoms with van der Waals surface area (Å²) in [5.41, 5.74) is 2.03. The number of para-hydroxylation sites is 1. The number of aryl methyl sites for hydroxylation is 1. The van der Waals surface area contributed by atoms with Crippen LogP contribution in [0.2, 0.25) is 0 Å². The van der Waals surface area contributed by atoms with Crippen LogP contribution in [0.4, 0.5) is 0 Å². The van der Waals surface area contributed by atoms with Crippen molar-refractivity contribution in [3.63, 3.8) is 0 Å². The molecular weight excluding hydrogens is 681 g/mol. The molecule has 5 aromatic rings. The number of hydrogen-bond acceptors (Lipinski definition) is 10. The average Bonchev–Trinajstić information content (AvgIpc) is 3.98. The first-order valence-electron chi connectivity index (χ1n) is 15.7. The molecule has 0 radical (unpaired) electrons. The van der Waals surface area contributed by atoms with Crippen molar-refractivity contribution in [3.8, 4) is 22.8 Å². The van der Waals surface area contributed by atoms with Gasteiger partial charge in [-0.1, -0.05) is 29.8 Å². The van der Waals surface area contributed by atoms with Gasteiger partial charge >= 0.3 is 0 Å². The quantitative estimate of drug-likeness (QED) is 0.0862. The highest BCUT2D eigenvalue weighted by molar-refractivity contribution is 7.98. The largest absolute Gasteiger partial charge is 0.490 e. The molecule has 2 atom stereocenters. The van der Waals surface area contributed by atoms with Gasteiger partial charge in [-0.05, 0) is 86.0 Å². The molecule has 0 spiro atoms. The van der Waals surface area contributed by atoms with Crippen LogP contribution in [0.3, 0.4) is 0 Å². The van der Waals surface area contributed by atoms with Gasteiger partial charge in [-0.2, -0.15) is 4.72 Å². The van der Waals surface area contributed by atoms with E-state index in [2.05, 4.69) is 10.0 Å². The molecule has 2 N–H and O–H groups in total. The Kier molecular flexibility index (Phi) is 10.7. The molecule has 4 aromatic carbocycles. The lowest BCUT2D eigenvalue weighted by molar-refractivity contribution is -0.121. The number of Topliss-reactive ketones (excluding diaryl/α,β-unsaturated/α-hetero) is 1. The van der Waals surface area contributed by atoms with E-state index in [1.54, 1.807) is 60.3 Å². The number of carbonyl (C=O) groups excluding carboxylic acids is 2. The van der Waals surface area contributed by atoms with E-state index in [0.29, 0.717) is 28.0 Å². The van der Waals surface area contributed by atoms with E-state index in [0.717, 1.165) is 10.5 Å². The van der Waals surface area contributed by atoms with Gasteiger partial charge < -0.3 is 23.9 Å². The van der Waals surface area contributed by atoms with Crippen LogP contribution >= 0.6 is 11.8 Å². The maximum absolute atomic E-state index is 13.4. The molecule has 258 valence electrons. The third kappa shape index (κ3) is 8.25. The summed E-state index contributed by atoms with van der Waals surface area (Å²) in [4.78, 5) is 40.2. The number of thioether (sulfide) groups is 1. The summed E-state index contributed by atoms with van der Waals surface area (Å²) < 4.78 is 51.3. The standard InChI is InChI=1S/C37H34N2O9S2/c1-23-7-17-28(18-8-23)50(43,44)39-30(34(41)32-22-47-32)21-38-37(42)25-9-13-26(14-10-25)45-19-20-46-36-33(40)29-5-3-4-6-31(29)48-35(36)24-11-15-27(49-2)16-12-24/h3-18,30,32,39H,19-22H2,1-2H3,(H,38,42). The number of amides is 1. The van der Waals surface area contributed by atoms with Crippen LogP contribution in [0.25, 0.3) is 22.3 Å². The number of epoxide rings is 1. The summed E-state index contributed by atoms with van der Waals surface area (Å²) in [5, 5.41) is 3.04. The van der Waals surface area contributed by atoms with Crippen LogP contribution in [0.1, 0.15) is 15.9 Å². The zero-order valence-corrected chi connectivity index (χ0v) is 28.8. The predicted octanol–water partition coefficient (Wildman–Crippen LogP) is 4.99. The van der Waals surface area contributed by atoms with Crippen molar-refractivity contribution >= 4 is 44.4 Å². The molecule has 2 heterocycles. The molecule has 1 aliphatic rings. The number of hydrogen-bond donors (Lipinski definition) is 2. The van der Waals surface area contributed by atoms with Crippen molar-refractivity contribution < 1.29 is 36.6 Å². The topological polar surface area (TPSA) is 154 Å². The van der Waals surface area contributed by atoms with E-state index < -0.39 is 33.9 Å². The fourth-order valence-electron chi connectivity index (χ4n) is 5.10. The lowest BCUT2D eigenvalue weighted by atomic mass is 10.1. The molecule has 0 aliphatic carbocycles. The first-order chi connectivity index (χ1) is 24.1. The second-order valence-corrected chi connectivity index (χ2v) is 14.1. The van der Waals surface area contributed by atoms with E-state index in [1.165, 1.54) is 24.3 Å². The van der Waals surface area contributed by atoms with Gasteiger partial charge in [0.2, 0.25) is 21.2 Å². The van der Waals surface area contributed by atoms with Crippen LogP contribution in [0.15, 0.2) is 116 Å². The van der Waals surface area contributed by atoms with E-state index in [4.69, 9.17) is 18.6 Å².